The molecule has 4 nitrogen and oxygen atoms in total. The zero-order chi connectivity index (χ0) is 16.9. The first-order chi connectivity index (χ1) is 11.7. The van der Waals surface area contributed by atoms with Gasteiger partial charge in [0.2, 0.25) is 5.13 Å². The summed E-state index contributed by atoms with van der Waals surface area (Å²) in [5, 5.41) is 5.02. The van der Waals surface area contributed by atoms with Crippen molar-refractivity contribution in [2.45, 2.75) is 6.92 Å². The van der Waals surface area contributed by atoms with Crippen molar-refractivity contribution in [3.8, 4) is 17.0 Å². The van der Waals surface area contributed by atoms with E-state index in [1.807, 2.05) is 48.5 Å². The summed E-state index contributed by atoms with van der Waals surface area (Å²) in [6.45, 7) is 2.06. The minimum absolute atomic E-state index is 0.770. The maximum atomic E-state index is 5.19. The largest absolute Gasteiger partial charge is 0.497 e. The lowest BCUT2D eigenvalue weighted by atomic mass is 10.1. The minimum atomic E-state index is 0.770. The van der Waals surface area contributed by atoms with Gasteiger partial charge >= 0.3 is 0 Å². The zero-order valence-electron chi connectivity index (χ0n) is 13.3. The van der Waals surface area contributed by atoms with Gasteiger partial charge < -0.3 is 4.74 Å². The number of hydrazone groups is 1. The monoisotopic (exact) mass is 401 g/mol. The fourth-order valence-electron chi connectivity index (χ4n) is 2.17. The molecule has 122 valence electrons. The molecule has 0 unspecified atom stereocenters. The van der Waals surface area contributed by atoms with Gasteiger partial charge in [0.05, 0.1) is 19.0 Å². The van der Waals surface area contributed by atoms with Crippen LogP contribution in [0.25, 0.3) is 11.3 Å². The number of aromatic nitrogens is 1. The van der Waals surface area contributed by atoms with Crippen molar-refractivity contribution in [1.29, 1.82) is 0 Å². The Morgan fingerprint density at radius 2 is 1.83 bits per heavy atom. The van der Waals surface area contributed by atoms with E-state index in [1.54, 1.807) is 24.7 Å². The van der Waals surface area contributed by atoms with E-state index in [9.17, 15) is 0 Å². The summed E-state index contributed by atoms with van der Waals surface area (Å²) in [5.41, 5.74) is 6.05. The van der Waals surface area contributed by atoms with Crippen molar-refractivity contribution in [3.05, 3.63) is 63.4 Å². The average molecular weight is 402 g/mol. The van der Waals surface area contributed by atoms with Crippen molar-refractivity contribution < 1.29 is 4.74 Å². The second kappa shape index (κ2) is 7.59. The molecule has 3 rings (SSSR count). The van der Waals surface area contributed by atoms with Gasteiger partial charge in [-0.2, -0.15) is 5.10 Å². The van der Waals surface area contributed by atoms with Gasteiger partial charge in [-0.3, -0.25) is 5.43 Å². The predicted molar refractivity (Wildman–Crippen MR) is 104 cm³/mol. The number of anilines is 1. The van der Waals surface area contributed by atoms with E-state index in [4.69, 9.17) is 4.74 Å². The van der Waals surface area contributed by atoms with E-state index >= 15 is 0 Å². The third-order valence-electron chi connectivity index (χ3n) is 3.40. The first kappa shape index (κ1) is 16.7. The standard InChI is InChI=1S/C18H16BrN3OS/c1-12-17(14-5-9-16(23-2)10-6-14)21-18(24-12)22-20-11-13-3-7-15(19)8-4-13/h3-11H,1-2H3,(H,21,22)/b20-11+. The fourth-order valence-corrected chi connectivity index (χ4v) is 3.22. The number of rotatable bonds is 5. The van der Waals surface area contributed by atoms with Gasteiger partial charge in [-0.25, -0.2) is 4.98 Å². The van der Waals surface area contributed by atoms with Crippen LogP contribution in [0.1, 0.15) is 10.4 Å². The maximum absolute atomic E-state index is 5.19. The summed E-state index contributed by atoms with van der Waals surface area (Å²) in [5.74, 6) is 0.837. The molecule has 0 radical (unpaired) electrons. The van der Waals surface area contributed by atoms with Crippen LogP contribution in [0.4, 0.5) is 5.13 Å². The van der Waals surface area contributed by atoms with E-state index in [1.165, 1.54) is 0 Å². The average Bonchev–Trinajstić information content (AvgIpc) is 2.97. The third kappa shape index (κ3) is 4.01. The molecule has 0 saturated carbocycles. The summed E-state index contributed by atoms with van der Waals surface area (Å²) in [4.78, 5) is 5.77. The van der Waals surface area contributed by atoms with Gasteiger partial charge in [-0.05, 0) is 48.9 Å². The third-order valence-corrected chi connectivity index (χ3v) is 4.81. The van der Waals surface area contributed by atoms with Gasteiger partial charge in [0.15, 0.2) is 0 Å². The Labute approximate surface area is 153 Å². The molecule has 0 atom stereocenters. The molecule has 2 aromatic carbocycles. The molecule has 0 aliphatic heterocycles. The van der Waals surface area contributed by atoms with Crippen molar-refractivity contribution in [2.75, 3.05) is 12.5 Å². The van der Waals surface area contributed by atoms with E-state index < -0.39 is 0 Å². The molecule has 0 aliphatic rings. The van der Waals surface area contributed by atoms with Gasteiger partial charge in [0.25, 0.3) is 0 Å². The molecule has 0 fully saturated rings. The highest BCUT2D eigenvalue weighted by Gasteiger charge is 2.09. The number of hydrogen-bond donors (Lipinski definition) is 1. The number of nitrogens with one attached hydrogen (secondary N) is 1. The second-order valence-electron chi connectivity index (χ2n) is 5.07. The number of aryl methyl sites for hydroxylation is 1. The Kier molecular flexibility index (Phi) is 5.27. The summed E-state index contributed by atoms with van der Waals surface area (Å²) in [6, 6.07) is 15.8. The van der Waals surface area contributed by atoms with Crippen LogP contribution in [0.15, 0.2) is 58.1 Å². The summed E-state index contributed by atoms with van der Waals surface area (Å²) in [7, 11) is 1.66. The number of thiazole rings is 1. The second-order valence-corrected chi connectivity index (χ2v) is 7.19. The molecule has 0 bridgehead atoms. The highest BCUT2D eigenvalue weighted by atomic mass is 79.9. The summed E-state index contributed by atoms with van der Waals surface area (Å²) < 4.78 is 6.24. The van der Waals surface area contributed by atoms with E-state index in [0.29, 0.717) is 0 Å². The first-order valence-electron chi connectivity index (χ1n) is 7.32. The van der Waals surface area contributed by atoms with Crippen LogP contribution in [0.3, 0.4) is 0 Å². The van der Waals surface area contributed by atoms with Crippen LogP contribution in [-0.2, 0) is 0 Å². The number of benzene rings is 2. The summed E-state index contributed by atoms with van der Waals surface area (Å²) in [6.07, 6.45) is 1.77. The van der Waals surface area contributed by atoms with Gasteiger partial charge in [0.1, 0.15) is 5.75 Å². The van der Waals surface area contributed by atoms with Crippen LogP contribution in [-0.4, -0.2) is 18.3 Å². The molecule has 0 amide bonds. The molecule has 1 N–H and O–H groups in total. The molecule has 6 heteroatoms. The highest BCUT2D eigenvalue weighted by Crippen LogP contribution is 2.31. The molecule has 0 saturated heterocycles. The summed E-state index contributed by atoms with van der Waals surface area (Å²) >= 11 is 5.00. The van der Waals surface area contributed by atoms with Gasteiger partial charge in [0, 0.05) is 14.9 Å². The normalized spacial score (nSPS) is 11.0. The maximum Gasteiger partial charge on any atom is 0.204 e. The fraction of sp³-hybridized carbons (Fsp3) is 0.111. The van der Waals surface area contributed by atoms with Crippen LogP contribution >= 0.6 is 27.3 Å². The Morgan fingerprint density at radius 3 is 2.50 bits per heavy atom. The molecule has 3 aromatic rings. The molecular weight excluding hydrogens is 386 g/mol. The van der Waals surface area contributed by atoms with Gasteiger partial charge in [-0.15, -0.1) is 11.3 Å². The number of ether oxygens (including phenoxy) is 1. The van der Waals surface area contributed by atoms with Gasteiger partial charge in [-0.1, -0.05) is 28.1 Å². The van der Waals surface area contributed by atoms with Crippen molar-refractivity contribution in [3.63, 3.8) is 0 Å². The minimum Gasteiger partial charge on any atom is -0.497 e. The molecule has 0 spiro atoms. The topological polar surface area (TPSA) is 46.5 Å². The SMILES string of the molecule is COc1ccc(-c2nc(N/N=C/c3ccc(Br)cc3)sc2C)cc1. The van der Waals surface area contributed by atoms with E-state index in [2.05, 4.69) is 38.4 Å². The Morgan fingerprint density at radius 1 is 1.12 bits per heavy atom. The van der Waals surface area contributed by atoms with E-state index in [-0.39, 0.29) is 0 Å². The Balaban J connectivity index is 1.72. The van der Waals surface area contributed by atoms with Crippen LogP contribution in [0.2, 0.25) is 0 Å². The lowest BCUT2D eigenvalue weighted by molar-refractivity contribution is 0.415. The smallest absolute Gasteiger partial charge is 0.204 e. The van der Waals surface area contributed by atoms with Crippen molar-refractivity contribution >= 4 is 38.6 Å². The number of nitrogens with zero attached hydrogens (tertiary/aromatic N) is 2. The lowest BCUT2D eigenvalue weighted by Crippen LogP contribution is -1.90. The molecular formula is C18H16BrN3OS. The first-order valence-corrected chi connectivity index (χ1v) is 8.93. The molecule has 24 heavy (non-hydrogen) atoms. The molecule has 0 aliphatic carbocycles. The van der Waals surface area contributed by atoms with E-state index in [0.717, 1.165) is 37.1 Å². The number of hydrogen-bond acceptors (Lipinski definition) is 5. The lowest BCUT2D eigenvalue weighted by Gasteiger charge is -2.01. The zero-order valence-corrected chi connectivity index (χ0v) is 15.7. The van der Waals surface area contributed by atoms with Crippen LogP contribution in [0, 0.1) is 6.92 Å². The quantitative estimate of drug-likeness (QED) is 0.463. The number of methoxy groups -OCH3 is 1. The van der Waals surface area contributed by atoms with Crippen molar-refractivity contribution in [1.82, 2.24) is 4.98 Å². The predicted octanol–water partition coefficient (Wildman–Crippen LogP) is 5.34. The molecule has 1 aromatic heterocycles. The van der Waals surface area contributed by atoms with Crippen LogP contribution < -0.4 is 10.2 Å². The number of halogens is 1. The highest BCUT2D eigenvalue weighted by molar-refractivity contribution is 9.10. The van der Waals surface area contributed by atoms with Crippen LogP contribution in [0.5, 0.6) is 5.75 Å². The van der Waals surface area contributed by atoms with Crippen molar-refractivity contribution in [2.24, 2.45) is 5.10 Å². The Bertz CT molecular complexity index is 842. The Hall–Kier alpha value is -2.18. The molecule has 1 heterocycles.